The molecular formula is C36H46F5N3O6. The normalized spacial score (nSPS) is 29.4. The number of nitrogens with zero attached hydrogens (tertiary/aromatic N) is 2. The molecule has 1 aromatic carbocycles. The lowest BCUT2D eigenvalue weighted by Gasteiger charge is -2.35. The molecule has 276 valence electrons. The fraction of sp³-hybridized carbons (Fsp3) is 0.667. The smallest absolute Gasteiger partial charge is 0.417 e. The van der Waals surface area contributed by atoms with Gasteiger partial charge in [-0.15, -0.1) is 0 Å². The highest BCUT2D eigenvalue weighted by Crippen LogP contribution is 2.51. The molecule has 3 aliphatic rings. The maximum Gasteiger partial charge on any atom is 0.417 e. The second kappa shape index (κ2) is 13.4. The summed E-state index contributed by atoms with van der Waals surface area (Å²) in [6.45, 7) is 9.63. The van der Waals surface area contributed by atoms with Gasteiger partial charge in [-0.2, -0.15) is 13.2 Å². The van der Waals surface area contributed by atoms with Gasteiger partial charge in [-0.1, -0.05) is 40.5 Å². The molecule has 2 aliphatic heterocycles. The van der Waals surface area contributed by atoms with Crippen LogP contribution in [0.1, 0.15) is 97.6 Å². The molecule has 1 saturated carbocycles. The van der Waals surface area contributed by atoms with Gasteiger partial charge in [-0.25, -0.2) is 18.6 Å². The van der Waals surface area contributed by atoms with Crippen LogP contribution in [0.25, 0.3) is 10.9 Å². The number of pyridine rings is 1. The van der Waals surface area contributed by atoms with Crippen molar-refractivity contribution in [3.05, 3.63) is 29.3 Å². The number of carbonyl (C=O) groups is 3. The summed E-state index contributed by atoms with van der Waals surface area (Å²) in [6.07, 6.45) is -6.06. The van der Waals surface area contributed by atoms with Crippen molar-refractivity contribution in [1.29, 1.82) is 0 Å². The molecule has 9 nitrogen and oxygen atoms in total. The van der Waals surface area contributed by atoms with Crippen LogP contribution in [-0.4, -0.2) is 65.1 Å². The van der Waals surface area contributed by atoms with E-state index in [0.29, 0.717) is 25.7 Å². The molecule has 14 heteroatoms. The first-order valence-electron chi connectivity index (χ1n) is 17.2. The molecule has 0 radical (unpaired) electrons. The Morgan fingerprint density at radius 1 is 1.14 bits per heavy atom. The van der Waals surface area contributed by atoms with Crippen LogP contribution in [0.3, 0.4) is 0 Å². The summed E-state index contributed by atoms with van der Waals surface area (Å²) < 4.78 is 94.7. The Labute approximate surface area is 288 Å². The number of hydrogen-bond acceptors (Lipinski definition) is 7. The van der Waals surface area contributed by atoms with Crippen molar-refractivity contribution >= 4 is 28.7 Å². The zero-order chi connectivity index (χ0) is 37.0. The van der Waals surface area contributed by atoms with E-state index in [9.17, 15) is 27.6 Å². The number of ether oxygens (including phenoxy) is 3. The van der Waals surface area contributed by atoms with Crippen LogP contribution in [0, 0.1) is 17.3 Å². The van der Waals surface area contributed by atoms with Gasteiger partial charge in [0.2, 0.25) is 11.8 Å². The van der Waals surface area contributed by atoms with Crippen molar-refractivity contribution in [3.63, 3.8) is 0 Å². The van der Waals surface area contributed by atoms with Gasteiger partial charge in [0.05, 0.1) is 36.3 Å². The Kier molecular flexibility index (Phi) is 10.1. The van der Waals surface area contributed by atoms with E-state index in [1.54, 1.807) is 34.6 Å². The van der Waals surface area contributed by atoms with Crippen molar-refractivity contribution in [2.75, 3.05) is 13.7 Å². The van der Waals surface area contributed by atoms with Crippen LogP contribution >= 0.6 is 0 Å². The molecule has 3 heterocycles. The quantitative estimate of drug-likeness (QED) is 0.324. The van der Waals surface area contributed by atoms with Crippen LogP contribution in [-0.2, 0) is 26.4 Å². The third-order valence-electron chi connectivity index (χ3n) is 10.4. The van der Waals surface area contributed by atoms with Crippen LogP contribution in [0.15, 0.2) is 18.2 Å². The summed E-state index contributed by atoms with van der Waals surface area (Å²) in [5.41, 5.74) is -4.87. The SMILES string of the molecule is CCC1[C@@H]2CN(C(=O)[C@H](C(C)(C)C)NC(=O)O[C@]3(C)C[C@H]3CCCCCC(F)(F)c3c(nc4cc(OC)ccc4c3C(F)(F)F)O2)[C@@H]1C(C)=O. The number of hydrogen-bond donors (Lipinski definition) is 1. The predicted molar refractivity (Wildman–Crippen MR) is 174 cm³/mol. The molecule has 1 saturated heterocycles. The molecule has 2 aromatic rings. The van der Waals surface area contributed by atoms with E-state index >= 15 is 8.78 Å². The van der Waals surface area contributed by atoms with Crippen LogP contribution < -0.4 is 14.8 Å². The summed E-state index contributed by atoms with van der Waals surface area (Å²) in [5, 5.41) is 2.17. The lowest BCUT2D eigenvalue weighted by molar-refractivity contribution is -0.141. The van der Waals surface area contributed by atoms with Gasteiger partial charge in [-0.3, -0.25) is 9.59 Å². The van der Waals surface area contributed by atoms with Gasteiger partial charge in [0.25, 0.3) is 5.92 Å². The number of rotatable bonds is 3. The average Bonchev–Trinajstić information content (AvgIpc) is 3.48. The average molecular weight is 712 g/mol. The third kappa shape index (κ3) is 7.35. The molecule has 1 aliphatic carbocycles. The number of ketones is 1. The molecule has 1 N–H and O–H groups in total. The van der Waals surface area contributed by atoms with E-state index < -0.39 is 93.8 Å². The Hall–Kier alpha value is -3.71. The number of nitrogens with one attached hydrogen (secondary N) is 1. The van der Waals surface area contributed by atoms with Gasteiger partial charge < -0.3 is 24.4 Å². The number of fused-ring (bicyclic) bond motifs is 5. The minimum atomic E-state index is -5.22. The number of alkyl halides is 5. The standard InChI is InChI=1S/C36H46F5N3O6/c1-8-22-25-18-44(28(22)19(2)45)31(46)29(33(3,4)5)43-32(47)50-34(6)17-20(34)12-10-9-11-15-35(37,38)27-26(36(39,40)41)23-14-13-21(48-7)16-24(23)42-30(27)49-25/h13-14,16,20,22,25,28-29H,8-12,15,17-18H2,1-7H3,(H,43,47)/t20-,22?,25+,28-,29-,34-/m1/s1. The molecular weight excluding hydrogens is 665 g/mol. The first-order chi connectivity index (χ1) is 23.2. The first kappa shape index (κ1) is 37.5. The highest BCUT2D eigenvalue weighted by Gasteiger charge is 2.55. The zero-order valence-corrected chi connectivity index (χ0v) is 29.5. The summed E-state index contributed by atoms with van der Waals surface area (Å²) in [7, 11) is 1.31. The number of alkyl carbamates (subject to hydrolysis) is 1. The van der Waals surface area contributed by atoms with Gasteiger partial charge in [0, 0.05) is 29.7 Å². The number of carbonyl (C=O) groups excluding carboxylic acids is 3. The fourth-order valence-corrected chi connectivity index (χ4v) is 7.62. The molecule has 6 atom stereocenters. The zero-order valence-electron chi connectivity index (χ0n) is 29.5. The molecule has 1 unspecified atom stereocenters. The fourth-order valence-electron chi connectivity index (χ4n) is 7.62. The minimum absolute atomic E-state index is 0.0371. The lowest BCUT2D eigenvalue weighted by Crippen LogP contribution is -2.57. The number of benzene rings is 1. The van der Waals surface area contributed by atoms with Crippen molar-refractivity contribution in [2.45, 2.75) is 122 Å². The van der Waals surface area contributed by atoms with Crippen LogP contribution in [0.2, 0.25) is 0 Å². The summed E-state index contributed by atoms with van der Waals surface area (Å²) in [4.78, 5) is 46.2. The number of Topliss-reactive ketones (excluding diaryl/α,β-unsaturated/α-hetero) is 1. The van der Waals surface area contributed by atoms with E-state index in [4.69, 9.17) is 14.2 Å². The van der Waals surface area contributed by atoms with Gasteiger partial charge in [0.15, 0.2) is 5.78 Å². The second-order valence-corrected chi connectivity index (χ2v) is 15.2. The van der Waals surface area contributed by atoms with Crippen molar-refractivity contribution in [3.8, 4) is 11.6 Å². The summed E-state index contributed by atoms with van der Waals surface area (Å²) in [6, 6.07) is 1.24. The first-order valence-corrected chi connectivity index (χ1v) is 17.2. The highest BCUT2D eigenvalue weighted by molar-refractivity contribution is 5.93. The second-order valence-electron chi connectivity index (χ2n) is 15.2. The van der Waals surface area contributed by atoms with E-state index in [1.165, 1.54) is 31.1 Å². The van der Waals surface area contributed by atoms with Crippen molar-refractivity contribution in [1.82, 2.24) is 15.2 Å². The van der Waals surface area contributed by atoms with Crippen molar-refractivity contribution < 1.29 is 50.5 Å². The monoisotopic (exact) mass is 711 g/mol. The lowest BCUT2D eigenvalue weighted by atomic mass is 9.85. The number of halogens is 5. The van der Waals surface area contributed by atoms with Crippen molar-refractivity contribution in [2.24, 2.45) is 17.3 Å². The van der Waals surface area contributed by atoms with Crippen LogP contribution in [0.5, 0.6) is 11.6 Å². The summed E-state index contributed by atoms with van der Waals surface area (Å²) >= 11 is 0. The van der Waals surface area contributed by atoms with E-state index in [-0.39, 0.29) is 36.6 Å². The number of methoxy groups -OCH3 is 1. The Balaban J connectivity index is 1.68. The predicted octanol–water partition coefficient (Wildman–Crippen LogP) is 7.81. The van der Waals surface area contributed by atoms with Crippen LogP contribution in [0.4, 0.5) is 26.7 Å². The maximum absolute atomic E-state index is 16.4. The largest absolute Gasteiger partial charge is 0.497 e. The van der Waals surface area contributed by atoms with Gasteiger partial charge >= 0.3 is 12.3 Å². The minimum Gasteiger partial charge on any atom is -0.497 e. The molecule has 5 rings (SSSR count). The molecule has 50 heavy (non-hydrogen) atoms. The topological polar surface area (TPSA) is 107 Å². The maximum atomic E-state index is 16.4. The molecule has 1 aromatic heterocycles. The van der Waals surface area contributed by atoms with E-state index in [0.717, 1.165) is 6.07 Å². The van der Waals surface area contributed by atoms with E-state index in [1.807, 2.05) is 0 Å². The third-order valence-corrected chi connectivity index (χ3v) is 10.4. The number of aromatic nitrogens is 1. The van der Waals surface area contributed by atoms with E-state index in [2.05, 4.69) is 10.3 Å². The molecule has 2 bridgehead atoms. The number of amides is 2. The molecule has 0 spiro atoms. The molecule has 2 fully saturated rings. The Morgan fingerprint density at radius 2 is 1.84 bits per heavy atom. The highest BCUT2D eigenvalue weighted by atomic mass is 19.4. The summed E-state index contributed by atoms with van der Waals surface area (Å²) in [5.74, 6) is -6.65. The van der Waals surface area contributed by atoms with Gasteiger partial charge in [0.1, 0.15) is 23.5 Å². The van der Waals surface area contributed by atoms with Gasteiger partial charge in [-0.05, 0) is 57.1 Å². The Morgan fingerprint density at radius 3 is 2.44 bits per heavy atom. The Bertz CT molecular complexity index is 1640. The molecule has 2 amide bonds.